The third-order valence-electron chi connectivity index (χ3n) is 2.36. The monoisotopic (exact) mass is 300 g/mol. The Hall–Kier alpha value is -1.39. The number of nitriles is 1. The van der Waals surface area contributed by atoms with E-state index in [4.69, 9.17) is 22.0 Å². The molecule has 1 aromatic rings. The summed E-state index contributed by atoms with van der Waals surface area (Å²) < 4.78 is 25.8. The summed E-state index contributed by atoms with van der Waals surface area (Å²) in [6.07, 6.45) is 1.41. The molecule has 0 radical (unpaired) electrons. The third-order valence-corrected chi connectivity index (χ3v) is 4.71. The lowest BCUT2D eigenvalue weighted by molar-refractivity contribution is 0.260. The molecule has 0 saturated carbocycles. The molecule has 1 aromatic carbocycles. The van der Waals surface area contributed by atoms with Crippen molar-refractivity contribution in [1.82, 2.24) is 4.31 Å². The van der Waals surface area contributed by atoms with Crippen molar-refractivity contribution >= 4 is 21.6 Å². The van der Waals surface area contributed by atoms with E-state index in [1.165, 1.54) is 24.3 Å². The van der Waals surface area contributed by atoms with E-state index in [1.54, 1.807) is 0 Å². The maximum absolute atomic E-state index is 12.4. The zero-order valence-corrected chi connectivity index (χ0v) is 11.7. The van der Waals surface area contributed by atoms with Crippen LogP contribution < -0.4 is 0 Å². The number of rotatable bonds is 6. The number of aliphatic hydroxyl groups is 1. The summed E-state index contributed by atoms with van der Waals surface area (Å²) in [6.45, 7) is 3.14. The van der Waals surface area contributed by atoms with Crippen LogP contribution in [0.2, 0.25) is 5.02 Å². The van der Waals surface area contributed by atoms with Gasteiger partial charge in [0.1, 0.15) is 4.90 Å². The molecule has 1 N–H and O–H groups in total. The summed E-state index contributed by atoms with van der Waals surface area (Å²) in [7, 11) is -3.87. The maximum Gasteiger partial charge on any atom is 0.244 e. The van der Waals surface area contributed by atoms with Gasteiger partial charge in [-0.2, -0.15) is 9.57 Å². The van der Waals surface area contributed by atoms with Crippen molar-refractivity contribution in [2.75, 3.05) is 19.7 Å². The molecule has 19 heavy (non-hydrogen) atoms. The second-order valence-corrected chi connectivity index (χ2v) is 5.95. The number of hydrogen-bond donors (Lipinski definition) is 1. The molecule has 5 nitrogen and oxygen atoms in total. The van der Waals surface area contributed by atoms with Crippen LogP contribution in [0.15, 0.2) is 35.7 Å². The average Bonchev–Trinajstić information content (AvgIpc) is 2.39. The fourth-order valence-electron chi connectivity index (χ4n) is 1.47. The predicted octanol–water partition coefficient (Wildman–Crippen LogP) is 1.38. The number of halogens is 1. The summed E-state index contributed by atoms with van der Waals surface area (Å²) in [5.41, 5.74) is 0.200. The van der Waals surface area contributed by atoms with Crippen LogP contribution in [-0.4, -0.2) is 37.5 Å². The highest BCUT2D eigenvalue weighted by molar-refractivity contribution is 7.89. The summed E-state index contributed by atoms with van der Waals surface area (Å²) in [5.74, 6) is 0. The summed E-state index contributed by atoms with van der Waals surface area (Å²) >= 11 is 5.88. The van der Waals surface area contributed by atoms with E-state index in [1.807, 2.05) is 6.07 Å². The Balaban J connectivity index is 3.32. The number of benzene rings is 1. The smallest absolute Gasteiger partial charge is 0.244 e. The van der Waals surface area contributed by atoms with E-state index in [2.05, 4.69) is 6.58 Å². The van der Waals surface area contributed by atoms with Gasteiger partial charge in [0.25, 0.3) is 0 Å². The van der Waals surface area contributed by atoms with Gasteiger partial charge >= 0.3 is 0 Å². The first kappa shape index (κ1) is 15.7. The SMILES string of the molecule is C=CCN(CCO)S(=O)(=O)c1cc(C#N)ccc1Cl. The van der Waals surface area contributed by atoms with E-state index < -0.39 is 10.0 Å². The van der Waals surface area contributed by atoms with Crippen LogP contribution in [-0.2, 0) is 10.0 Å². The zero-order chi connectivity index (χ0) is 14.5. The molecule has 0 spiro atoms. The summed E-state index contributed by atoms with van der Waals surface area (Å²) in [5, 5.41) is 17.8. The molecule has 1 rings (SSSR count). The molecule has 0 unspecified atom stereocenters. The highest BCUT2D eigenvalue weighted by Gasteiger charge is 2.25. The standard InChI is InChI=1S/C12H13ClN2O3S/c1-2-5-15(6-7-16)19(17,18)12-8-10(9-14)3-4-11(12)13/h2-4,8,16H,1,5-7H2. The van der Waals surface area contributed by atoms with Gasteiger partial charge in [-0.3, -0.25) is 0 Å². The second kappa shape index (κ2) is 6.68. The number of aliphatic hydroxyl groups excluding tert-OH is 1. The first-order chi connectivity index (χ1) is 8.97. The Bertz CT molecular complexity index is 608. The zero-order valence-electron chi connectivity index (χ0n) is 10.1. The fourth-order valence-corrected chi connectivity index (χ4v) is 3.38. The summed E-state index contributed by atoms with van der Waals surface area (Å²) in [6, 6.07) is 5.87. The van der Waals surface area contributed by atoms with Crippen molar-refractivity contribution in [2.24, 2.45) is 0 Å². The van der Waals surface area contributed by atoms with E-state index in [9.17, 15) is 8.42 Å². The third kappa shape index (κ3) is 3.55. The van der Waals surface area contributed by atoms with Gasteiger partial charge in [-0.1, -0.05) is 17.7 Å². The van der Waals surface area contributed by atoms with Gasteiger partial charge in [0.05, 0.1) is 23.3 Å². The van der Waals surface area contributed by atoms with Crippen LogP contribution in [0.4, 0.5) is 0 Å². The normalized spacial score (nSPS) is 11.3. The molecule has 7 heteroatoms. The molecule has 102 valence electrons. The van der Waals surface area contributed by atoms with Gasteiger partial charge in [-0.15, -0.1) is 6.58 Å². The van der Waals surface area contributed by atoms with E-state index >= 15 is 0 Å². The van der Waals surface area contributed by atoms with Gasteiger partial charge in [0.2, 0.25) is 10.0 Å². The Morgan fingerprint density at radius 1 is 1.53 bits per heavy atom. The molecule has 0 aliphatic heterocycles. The van der Waals surface area contributed by atoms with Crippen LogP contribution in [0, 0.1) is 11.3 Å². The van der Waals surface area contributed by atoms with Crippen LogP contribution in [0.3, 0.4) is 0 Å². The molecule has 0 atom stereocenters. The minimum Gasteiger partial charge on any atom is -0.395 e. The van der Waals surface area contributed by atoms with Gasteiger partial charge in [0.15, 0.2) is 0 Å². The highest BCUT2D eigenvalue weighted by Crippen LogP contribution is 2.25. The van der Waals surface area contributed by atoms with Crippen LogP contribution in [0.5, 0.6) is 0 Å². The maximum atomic E-state index is 12.4. The molecule has 0 bridgehead atoms. The number of sulfonamides is 1. The van der Waals surface area contributed by atoms with Crippen molar-refractivity contribution in [3.8, 4) is 6.07 Å². The Morgan fingerprint density at radius 3 is 2.74 bits per heavy atom. The fraction of sp³-hybridized carbons (Fsp3) is 0.250. The van der Waals surface area contributed by atoms with Gasteiger partial charge < -0.3 is 5.11 Å². The first-order valence-electron chi connectivity index (χ1n) is 5.39. The number of hydrogen-bond acceptors (Lipinski definition) is 4. The molecule has 0 aliphatic carbocycles. The van der Waals surface area contributed by atoms with Crippen LogP contribution >= 0.6 is 11.6 Å². The minimum atomic E-state index is -3.87. The lowest BCUT2D eigenvalue weighted by atomic mass is 10.2. The molecular weight excluding hydrogens is 288 g/mol. The van der Waals surface area contributed by atoms with Gasteiger partial charge in [-0.25, -0.2) is 8.42 Å². The predicted molar refractivity (Wildman–Crippen MR) is 72.2 cm³/mol. The molecule has 0 aliphatic rings. The van der Waals surface area contributed by atoms with Crippen LogP contribution in [0.25, 0.3) is 0 Å². The van der Waals surface area contributed by atoms with Crippen molar-refractivity contribution in [1.29, 1.82) is 5.26 Å². The minimum absolute atomic E-state index is 0.0333. The largest absolute Gasteiger partial charge is 0.395 e. The van der Waals surface area contributed by atoms with E-state index in [-0.39, 0.29) is 35.2 Å². The quantitative estimate of drug-likeness (QED) is 0.805. The van der Waals surface area contributed by atoms with Crippen molar-refractivity contribution in [2.45, 2.75) is 4.90 Å². The molecule has 0 saturated heterocycles. The van der Waals surface area contributed by atoms with Crippen molar-refractivity contribution < 1.29 is 13.5 Å². The molecule has 0 amide bonds. The number of nitrogens with zero attached hydrogens (tertiary/aromatic N) is 2. The van der Waals surface area contributed by atoms with Crippen molar-refractivity contribution in [3.63, 3.8) is 0 Å². The Kier molecular flexibility index (Phi) is 5.51. The van der Waals surface area contributed by atoms with Gasteiger partial charge in [-0.05, 0) is 18.2 Å². The molecule has 0 heterocycles. The first-order valence-corrected chi connectivity index (χ1v) is 7.20. The van der Waals surface area contributed by atoms with E-state index in [0.717, 1.165) is 4.31 Å². The van der Waals surface area contributed by atoms with Crippen LogP contribution in [0.1, 0.15) is 5.56 Å². The Morgan fingerprint density at radius 2 is 2.21 bits per heavy atom. The lowest BCUT2D eigenvalue weighted by Gasteiger charge is -2.20. The second-order valence-electron chi connectivity index (χ2n) is 3.63. The molecule has 0 aromatic heterocycles. The summed E-state index contributed by atoms with van der Waals surface area (Å²) in [4.78, 5) is -0.150. The van der Waals surface area contributed by atoms with E-state index in [0.29, 0.717) is 0 Å². The average molecular weight is 301 g/mol. The van der Waals surface area contributed by atoms with Crippen molar-refractivity contribution in [3.05, 3.63) is 41.4 Å². The molecule has 0 fully saturated rings. The molecular formula is C12H13ClN2O3S. The topological polar surface area (TPSA) is 81.4 Å². The van der Waals surface area contributed by atoms with Gasteiger partial charge in [0, 0.05) is 13.1 Å². The highest BCUT2D eigenvalue weighted by atomic mass is 35.5. The lowest BCUT2D eigenvalue weighted by Crippen LogP contribution is -2.34. The Labute approximate surface area is 117 Å².